The molecule has 0 aliphatic heterocycles. The Morgan fingerprint density at radius 2 is 1.83 bits per heavy atom. The molecule has 8 heteroatoms. The van der Waals surface area contributed by atoms with E-state index >= 15 is 0 Å². The fourth-order valence-corrected chi connectivity index (χ4v) is 4.55. The molecular weight excluding hydrogens is 411 g/mol. The number of benzene rings is 2. The monoisotopic (exact) mass is 438 g/mol. The van der Waals surface area contributed by atoms with Crippen LogP contribution in [0.25, 0.3) is 0 Å². The van der Waals surface area contributed by atoms with Crippen LogP contribution in [0, 0.1) is 19.7 Å². The number of amides is 1. The largest absolute Gasteiger partial charge is 0.354 e. The highest BCUT2D eigenvalue weighted by atomic mass is 32.2. The molecule has 2 aromatic rings. The van der Waals surface area contributed by atoms with Crippen LogP contribution < -0.4 is 9.62 Å². The van der Waals surface area contributed by atoms with Crippen molar-refractivity contribution in [2.75, 3.05) is 29.4 Å². The summed E-state index contributed by atoms with van der Waals surface area (Å²) in [4.78, 5) is 12.3. The number of rotatable bonds is 10. The molecule has 0 saturated carbocycles. The van der Waals surface area contributed by atoms with E-state index in [9.17, 15) is 17.6 Å². The van der Waals surface area contributed by atoms with Crippen molar-refractivity contribution in [2.24, 2.45) is 0 Å². The molecule has 2 aromatic carbocycles. The van der Waals surface area contributed by atoms with Gasteiger partial charge in [0.05, 0.1) is 11.9 Å². The van der Waals surface area contributed by atoms with Crippen LogP contribution in [-0.2, 0) is 20.6 Å². The molecule has 0 saturated heterocycles. The molecule has 0 atom stereocenters. The summed E-state index contributed by atoms with van der Waals surface area (Å²) in [6.07, 6.45) is 1.87. The fourth-order valence-electron chi connectivity index (χ4n) is 2.73. The Kier molecular flexibility index (Phi) is 8.52. The van der Waals surface area contributed by atoms with Crippen LogP contribution in [0.3, 0.4) is 0 Å². The lowest BCUT2D eigenvalue weighted by Gasteiger charge is -2.24. The minimum Gasteiger partial charge on any atom is -0.354 e. The van der Waals surface area contributed by atoms with E-state index in [0.29, 0.717) is 12.2 Å². The first kappa shape index (κ1) is 23.2. The first-order valence-electron chi connectivity index (χ1n) is 9.30. The number of carbonyl (C=O) groups excluding carboxylic acids is 1. The highest BCUT2D eigenvalue weighted by Gasteiger charge is 2.22. The minimum atomic E-state index is -3.58. The van der Waals surface area contributed by atoms with Crippen molar-refractivity contribution >= 4 is 33.4 Å². The normalized spacial score (nSPS) is 11.3. The first-order chi connectivity index (χ1) is 13.7. The minimum absolute atomic E-state index is 0.244. The molecule has 1 N–H and O–H groups in total. The predicted molar refractivity (Wildman–Crippen MR) is 118 cm³/mol. The van der Waals surface area contributed by atoms with E-state index in [2.05, 4.69) is 5.32 Å². The van der Waals surface area contributed by atoms with E-state index in [-0.39, 0.29) is 18.3 Å². The van der Waals surface area contributed by atoms with Gasteiger partial charge >= 0.3 is 0 Å². The fraction of sp³-hybridized carbons (Fsp3) is 0.381. The van der Waals surface area contributed by atoms with Crippen molar-refractivity contribution in [2.45, 2.75) is 26.0 Å². The molecule has 0 aliphatic carbocycles. The lowest BCUT2D eigenvalue weighted by atomic mass is 10.1. The lowest BCUT2D eigenvalue weighted by molar-refractivity contribution is -0.119. The third-order valence-corrected chi connectivity index (χ3v) is 6.53. The van der Waals surface area contributed by atoms with Crippen LogP contribution in [0.5, 0.6) is 0 Å². The number of aryl methyl sites for hydroxylation is 2. The molecule has 0 fully saturated rings. The van der Waals surface area contributed by atoms with Gasteiger partial charge in [-0.3, -0.25) is 9.10 Å². The van der Waals surface area contributed by atoms with E-state index < -0.39 is 10.0 Å². The predicted octanol–water partition coefficient (Wildman–Crippen LogP) is 3.65. The zero-order valence-electron chi connectivity index (χ0n) is 16.9. The van der Waals surface area contributed by atoms with Crippen LogP contribution >= 0.6 is 11.8 Å². The molecule has 0 unspecified atom stereocenters. The maximum Gasteiger partial charge on any atom is 0.240 e. The summed E-state index contributed by atoms with van der Waals surface area (Å²) in [5, 5.41) is 2.79. The molecule has 29 heavy (non-hydrogen) atoms. The molecule has 2 rings (SSSR count). The van der Waals surface area contributed by atoms with Crippen molar-refractivity contribution in [3.05, 3.63) is 65.0 Å². The highest BCUT2D eigenvalue weighted by Crippen LogP contribution is 2.23. The molecule has 158 valence electrons. The Labute approximate surface area is 176 Å². The second-order valence-corrected chi connectivity index (χ2v) is 9.95. The van der Waals surface area contributed by atoms with Gasteiger partial charge in [0.25, 0.3) is 0 Å². The Balaban J connectivity index is 1.80. The van der Waals surface area contributed by atoms with Gasteiger partial charge in [0, 0.05) is 12.3 Å². The van der Waals surface area contributed by atoms with E-state index in [4.69, 9.17) is 0 Å². The van der Waals surface area contributed by atoms with E-state index in [0.717, 1.165) is 45.2 Å². The second-order valence-electron chi connectivity index (χ2n) is 6.94. The number of carbonyl (C=O) groups is 1. The topological polar surface area (TPSA) is 66.5 Å². The third kappa shape index (κ3) is 7.70. The molecule has 0 aromatic heterocycles. The summed E-state index contributed by atoms with van der Waals surface area (Å²) in [6, 6.07) is 11.9. The summed E-state index contributed by atoms with van der Waals surface area (Å²) in [7, 11) is -3.58. The van der Waals surface area contributed by atoms with Gasteiger partial charge in [-0.05, 0) is 60.9 Å². The Hall–Kier alpha value is -2.06. The number of hydrogen-bond donors (Lipinski definition) is 1. The van der Waals surface area contributed by atoms with Gasteiger partial charge in [0.2, 0.25) is 15.9 Å². The number of nitrogens with one attached hydrogen (secondary N) is 1. The van der Waals surface area contributed by atoms with E-state index in [1.54, 1.807) is 30.0 Å². The SMILES string of the molecule is Cc1ccc(C)c(N(CC(=O)NCCCSCc2ccc(F)cc2)S(C)(=O)=O)c1. The van der Waals surface area contributed by atoms with Gasteiger partial charge < -0.3 is 5.32 Å². The summed E-state index contributed by atoms with van der Waals surface area (Å²) >= 11 is 1.70. The zero-order chi connectivity index (χ0) is 21.4. The van der Waals surface area contributed by atoms with Gasteiger partial charge in [0.15, 0.2) is 0 Å². The van der Waals surface area contributed by atoms with Gasteiger partial charge in [-0.25, -0.2) is 12.8 Å². The molecule has 0 radical (unpaired) electrons. The number of sulfonamides is 1. The molecule has 5 nitrogen and oxygen atoms in total. The molecule has 0 spiro atoms. The molecular formula is C21H27FN2O3S2. The number of hydrogen-bond acceptors (Lipinski definition) is 4. The molecule has 0 bridgehead atoms. The maximum atomic E-state index is 12.9. The van der Waals surface area contributed by atoms with Crippen molar-refractivity contribution in [1.29, 1.82) is 0 Å². The Morgan fingerprint density at radius 3 is 2.48 bits per heavy atom. The third-order valence-electron chi connectivity index (χ3n) is 4.29. The Morgan fingerprint density at radius 1 is 1.14 bits per heavy atom. The number of thioether (sulfide) groups is 1. The summed E-state index contributed by atoms with van der Waals surface area (Å²) in [5.41, 5.74) is 3.30. The Bertz CT molecular complexity index is 931. The average molecular weight is 439 g/mol. The zero-order valence-corrected chi connectivity index (χ0v) is 18.6. The second kappa shape index (κ2) is 10.6. The van der Waals surface area contributed by atoms with E-state index in [1.165, 1.54) is 12.1 Å². The number of nitrogens with zero attached hydrogens (tertiary/aromatic N) is 1. The molecule has 1 amide bonds. The highest BCUT2D eigenvalue weighted by molar-refractivity contribution is 7.98. The van der Waals surface area contributed by atoms with Gasteiger partial charge in [-0.1, -0.05) is 24.3 Å². The van der Waals surface area contributed by atoms with Gasteiger partial charge in [0.1, 0.15) is 12.4 Å². The van der Waals surface area contributed by atoms with Crippen molar-refractivity contribution < 1.29 is 17.6 Å². The van der Waals surface area contributed by atoms with Crippen LogP contribution in [0.4, 0.5) is 10.1 Å². The standard InChI is InChI=1S/C21H27FN2O3S2/c1-16-5-6-17(2)20(13-16)24(29(3,26)27)14-21(25)23-11-4-12-28-15-18-7-9-19(22)10-8-18/h5-10,13H,4,11-12,14-15H2,1-3H3,(H,23,25). The van der Waals surface area contributed by atoms with Crippen molar-refractivity contribution in [3.63, 3.8) is 0 Å². The van der Waals surface area contributed by atoms with E-state index in [1.807, 2.05) is 26.0 Å². The average Bonchev–Trinajstić information content (AvgIpc) is 2.65. The quantitative estimate of drug-likeness (QED) is 0.575. The number of halogens is 1. The van der Waals surface area contributed by atoms with Crippen molar-refractivity contribution in [3.8, 4) is 0 Å². The molecule has 0 aliphatic rings. The van der Waals surface area contributed by atoms with Crippen LogP contribution in [0.1, 0.15) is 23.1 Å². The number of anilines is 1. The first-order valence-corrected chi connectivity index (χ1v) is 12.3. The summed E-state index contributed by atoms with van der Waals surface area (Å²) in [6.45, 7) is 3.93. The summed E-state index contributed by atoms with van der Waals surface area (Å²) in [5.74, 6) is 1.04. The van der Waals surface area contributed by atoms with Gasteiger partial charge in [-0.2, -0.15) is 11.8 Å². The maximum absolute atomic E-state index is 12.9. The van der Waals surface area contributed by atoms with Gasteiger partial charge in [-0.15, -0.1) is 0 Å². The van der Waals surface area contributed by atoms with Crippen LogP contribution in [-0.4, -0.2) is 39.4 Å². The van der Waals surface area contributed by atoms with Crippen LogP contribution in [0.2, 0.25) is 0 Å². The van der Waals surface area contributed by atoms with Crippen molar-refractivity contribution in [1.82, 2.24) is 5.32 Å². The van der Waals surface area contributed by atoms with Crippen LogP contribution in [0.15, 0.2) is 42.5 Å². The smallest absolute Gasteiger partial charge is 0.240 e. The molecule has 0 heterocycles. The lowest BCUT2D eigenvalue weighted by Crippen LogP contribution is -2.41. The summed E-state index contributed by atoms with van der Waals surface area (Å²) < 4.78 is 38.5.